The molecule has 4 aromatic rings. The molecule has 6 heteroatoms. The van der Waals surface area contributed by atoms with Crippen LogP contribution in [0.2, 0.25) is 0 Å². The number of Topliss-reactive ketones (excluding diaryl/α,β-unsaturated/α-hetero) is 1. The van der Waals surface area contributed by atoms with Crippen molar-refractivity contribution in [1.82, 2.24) is 14.8 Å². The number of hydrogen-bond donors (Lipinski definition) is 0. The Hall–Kier alpha value is -3.12. The topological polar surface area (TPSA) is 60.9 Å². The fourth-order valence-corrected chi connectivity index (χ4v) is 4.14. The largest absolute Gasteiger partial charge is 0.461 e. The Kier molecular flexibility index (Phi) is 5.86. The lowest BCUT2D eigenvalue weighted by molar-refractivity contribution is 0.0993. The van der Waals surface area contributed by atoms with Gasteiger partial charge in [0.2, 0.25) is 5.82 Å². The van der Waals surface area contributed by atoms with Gasteiger partial charge in [0, 0.05) is 5.56 Å². The lowest BCUT2D eigenvalue weighted by Crippen LogP contribution is -2.15. The third kappa shape index (κ3) is 4.24. The van der Waals surface area contributed by atoms with Gasteiger partial charge in [-0.2, -0.15) is 0 Å². The third-order valence-electron chi connectivity index (χ3n) is 5.08. The minimum absolute atomic E-state index is 0.0805. The van der Waals surface area contributed by atoms with Gasteiger partial charge in [0.25, 0.3) is 0 Å². The summed E-state index contributed by atoms with van der Waals surface area (Å²) in [6.45, 7) is 6.58. The van der Waals surface area contributed by atoms with Crippen molar-refractivity contribution in [2.75, 3.05) is 0 Å². The number of aromatic nitrogens is 3. The van der Waals surface area contributed by atoms with E-state index in [9.17, 15) is 4.79 Å². The van der Waals surface area contributed by atoms with Crippen LogP contribution in [0.15, 0.2) is 76.5 Å². The standard InChI is InChI=1S/C24H23N3O2S/c1-16-11-12-20(14-17(16)2)22(28)18(3)30-24-26-25-23(21-10-7-13-29-21)27(24)15-19-8-5-4-6-9-19/h4-14,18H,15H2,1-3H3/t18-/m0/s1. The van der Waals surface area contributed by atoms with Gasteiger partial charge < -0.3 is 4.42 Å². The van der Waals surface area contributed by atoms with E-state index >= 15 is 0 Å². The molecule has 0 N–H and O–H groups in total. The Balaban J connectivity index is 1.63. The Morgan fingerprint density at radius 1 is 1.03 bits per heavy atom. The van der Waals surface area contributed by atoms with E-state index in [1.54, 1.807) is 6.26 Å². The highest BCUT2D eigenvalue weighted by Crippen LogP contribution is 2.29. The molecule has 0 fully saturated rings. The summed E-state index contributed by atoms with van der Waals surface area (Å²) in [6.07, 6.45) is 1.62. The highest BCUT2D eigenvalue weighted by Gasteiger charge is 2.23. The minimum atomic E-state index is -0.296. The average Bonchev–Trinajstić information content (AvgIpc) is 3.41. The maximum atomic E-state index is 13.0. The molecular weight excluding hydrogens is 394 g/mol. The van der Waals surface area contributed by atoms with E-state index < -0.39 is 0 Å². The number of ketones is 1. The second-order valence-corrected chi connectivity index (χ2v) is 8.59. The van der Waals surface area contributed by atoms with Crippen LogP contribution in [0, 0.1) is 13.8 Å². The molecule has 0 bridgehead atoms. The van der Waals surface area contributed by atoms with Crippen LogP contribution >= 0.6 is 11.8 Å². The van der Waals surface area contributed by atoms with Crippen molar-refractivity contribution >= 4 is 17.5 Å². The smallest absolute Gasteiger partial charge is 0.200 e. The fraction of sp³-hybridized carbons (Fsp3) is 0.208. The monoisotopic (exact) mass is 417 g/mol. The van der Waals surface area contributed by atoms with E-state index in [2.05, 4.69) is 22.3 Å². The molecule has 2 aromatic carbocycles. The molecule has 1 atom stereocenters. The first-order valence-corrected chi connectivity index (χ1v) is 10.7. The number of furan rings is 1. The van der Waals surface area contributed by atoms with E-state index in [1.165, 1.54) is 17.3 Å². The van der Waals surface area contributed by atoms with Crippen LogP contribution in [0.4, 0.5) is 0 Å². The Morgan fingerprint density at radius 3 is 2.53 bits per heavy atom. The first-order chi connectivity index (χ1) is 14.5. The lowest BCUT2D eigenvalue weighted by Gasteiger charge is -2.13. The Labute approximate surface area is 180 Å². The number of nitrogens with zero attached hydrogens (tertiary/aromatic N) is 3. The van der Waals surface area contributed by atoms with Crippen LogP contribution in [0.1, 0.15) is 34.0 Å². The molecule has 2 aromatic heterocycles. The van der Waals surface area contributed by atoms with Crippen molar-refractivity contribution in [2.45, 2.75) is 37.7 Å². The van der Waals surface area contributed by atoms with Gasteiger partial charge in [0.1, 0.15) is 0 Å². The predicted octanol–water partition coefficient (Wildman–Crippen LogP) is 5.57. The Morgan fingerprint density at radius 2 is 1.83 bits per heavy atom. The minimum Gasteiger partial charge on any atom is -0.461 e. The zero-order valence-corrected chi connectivity index (χ0v) is 18.0. The maximum absolute atomic E-state index is 13.0. The van der Waals surface area contributed by atoms with Crippen LogP contribution in [0.3, 0.4) is 0 Å². The molecule has 0 spiro atoms. The summed E-state index contributed by atoms with van der Waals surface area (Å²) < 4.78 is 7.56. The molecule has 0 radical (unpaired) electrons. The number of thioether (sulfide) groups is 1. The third-order valence-corrected chi connectivity index (χ3v) is 6.17. The molecule has 0 unspecified atom stereocenters. The van der Waals surface area contributed by atoms with Gasteiger partial charge in [0.15, 0.2) is 16.7 Å². The van der Waals surface area contributed by atoms with E-state index in [0.29, 0.717) is 23.3 Å². The predicted molar refractivity (Wildman–Crippen MR) is 119 cm³/mol. The van der Waals surface area contributed by atoms with Crippen molar-refractivity contribution in [3.63, 3.8) is 0 Å². The van der Waals surface area contributed by atoms with Crippen molar-refractivity contribution in [1.29, 1.82) is 0 Å². The molecule has 152 valence electrons. The lowest BCUT2D eigenvalue weighted by atomic mass is 10.0. The van der Waals surface area contributed by atoms with Crippen LogP contribution in [-0.2, 0) is 6.54 Å². The number of carbonyl (C=O) groups excluding carboxylic acids is 1. The van der Waals surface area contributed by atoms with Gasteiger partial charge in [0.05, 0.1) is 18.1 Å². The van der Waals surface area contributed by atoms with E-state index in [-0.39, 0.29) is 11.0 Å². The van der Waals surface area contributed by atoms with Crippen molar-refractivity contribution < 1.29 is 9.21 Å². The van der Waals surface area contributed by atoms with Gasteiger partial charge in [-0.05, 0) is 55.7 Å². The molecule has 0 aliphatic heterocycles. The molecule has 0 saturated heterocycles. The summed E-state index contributed by atoms with van der Waals surface area (Å²) in [5, 5.41) is 9.13. The normalized spacial score (nSPS) is 12.1. The van der Waals surface area contributed by atoms with Gasteiger partial charge in [-0.15, -0.1) is 10.2 Å². The average molecular weight is 418 g/mol. The van der Waals surface area contributed by atoms with E-state index in [1.807, 2.05) is 73.9 Å². The molecule has 0 amide bonds. The quantitative estimate of drug-likeness (QED) is 0.291. The number of benzene rings is 2. The van der Waals surface area contributed by atoms with Gasteiger partial charge >= 0.3 is 0 Å². The zero-order valence-electron chi connectivity index (χ0n) is 17.2. The maximum Gasteiger partial charge on any atom is 0.200 e. The summed E-state index contributed by atoms with van der Waals surface area (Å²) in [5.74, 6) is 1.38. The van der Waals surface area contributed by atoms with Crippen LogP contribution < -0.4 is 0 Å². The first-order valence-electron chi connectivity index (χ1n) is 9.82. The van der Waals surface area contributed by atoms with Crippen molar-refractivity contribution in [3.05, 3.63) is 89.2 Å². The molecule has 5 nitrogen and oxygen atoms in total. The second-order valence-electron chi connectivity index (χ2n) is 7.28. The van der Waals surface area contributed by atoms with Crippen molar-refractivity contribution in [3.8, 4) is 11.6 Å². The second kappa shape index (κ2) is 8.71. The van der Waals surface area contributed by atoms with Crippen molar-refractivity contribution in [2.24, 2.45) is 0 Å². The van der Waals surface area contributed by atoms with E-state index in [4.69, 9.17) is 4.42 Å². The molecular formula is C24H23N3O2S. The van der Waals surface area contributed by atoms with Gasteiger partial charge in [-0.3, -0.25) is 9.36 Å². The molecule has 4 rings (SSSR count). The van der Waals surface area contributed by atoms with Crippen LogP contribution in [0.5, 0.6) is 0 Å². The summed E-state index contributed by atoms with van der Waals surface area (Å²) in [4.78, 5) is 13.0. The number of carbonyl (C=O) groups is 1. The van der Waals surface area contributed by atoms with Gasteiger partial charge in [-0.1, -0.05) is 54.2 Å². The summed E-state index contributed by atoms with van der Waals surface area (Å²) in [6, 6.07) is 19.7. The van der Waals surface area contributed by atoms with Crippen LogP contribution in [-0.4, -0.2) is 25.8 Å². The number of hydrogen-bond acceptors (Lipinski definition) is 5. The highest BCUT2D eigenvalue weighted by molar-refractivity contribution is 8.00. The summed E-state index contributed by atoms with van der Waals surface area (Å²) in [7, 11) is 0. The zero-order chi connectivity index (χ0) is 21.1. The molecule has 2 heterocycles. The first kappa shape index (κ1) is 20.2. The van der Waals surface area contributed by atoms with Gasteiger partial charge in [-0.25, -0.2) is 0 Å². The fourth-order valence-electron chi connectivity index (χ4n) is 3.21. The number of rotatable bonds is 7. The molecule has 0 aliphatic rings. The van der Waals surface area contributed by atoms with Crippen LogP contribution in [0.25, 0.3) is 11.6 Å². The number of aryl methyl sites for hydroxylation is 2. The molecule has 0 aliphatic carbocycles. The molecule has 30 heavy (non-hydrogen) atoms. The SMILES string of the molecule is Cc1ccc(C(=O)[C@H](C)Sc2nnc(-c3ccco3)n2Cc2ccccc2)cc1C. The highest BCUT2D eigenvalue weighted by atomic mass is 32.2. The molecule has 0 saturated carbocycles. The summed E-state index contributed by atoms with van der Waals surface area (Å²) >= 11 is 1.42. The summed E-state index contributed by atoms with van der Waals surface area (Å²) in [5.41, 5.74) is 4.14. The van der Waals surface area contributed by atoms with E-state index in [0.717, 1.165) is 16.7 Å². The Bertz CT molecular complexity index is 1150.